The number of carbonyl (C=O) groups excluding carboxylic acids is 1. The highest BCUT2D eigenvalue weighted by Gasteiger charge is 2.24. The second kappa shape index (κ2) is 9.80. The average molecular weight is 450 g/mol. The summed E-state index contributed by atoms with van der Waals surface area (Å²) in [5, 5.41) is 1.24. The van der Waals surface area contributed by atoms with Crippen LogP contribution in [0.5, 0.6) is 5.75 Å². The molecular formula is C21H24ClN3O2S2. The summed E-state index contributed by atoms with van der Waals surface area (Å²) in [6.45, 7) is 1.45. The fraction of sp³-hybridized carbons (Fsp3) is 0.333. The minimum atomic E-state index is -0.0529. The van der Waals surface area contributed by atoms with Gasteiger partial charge in [-0.1, -0.05) is 35.1 Å². The van der Waals surface area contributed by atoms with Crippen molar-refractivity contribution in [3.05, 3.63) is 47.0 Å². The van der Waals surface area contributed by atoms with Crippen LogP contribution in [0.2, 0.25) is 5.02 Å². The number of thioether (sulfide) groups is 1. The summed E-state index contributed by atoms with van der Waals surface area (Å²) in [6, 6.07) is 11.3. The number of amides is 1. The molecule has 29 heavy (non-hydrogen) atoms. The molecule has 154 valence electrons. The Balaban J connectivity index is 2.04. The molecule has 0 aliphatic heterocycles. The lowest BCUT2D eigenvalue weighted by atomic mass is 10.2. The number of aromatic nitrogens is 1. The van der Waals surface area contributed by atoms with Gasteiger partial charge in [0.25, 0.3) is 5.91 Å². The predicted molar refractivity (Wildman–Crippen MR) is 124 cm³/mol. The van der Waals surface area contributed by atoms with E-state index >= 15 is 0 Å². The molecule has 0 spiro atoms. The van der Waals surface area contributed by atoms with Crippen LogP contribution < -0.4 is 9.64 Å². The summed E-state index contributed by atoms with van der Waals surface area (Å²) < 4.78 is 6.27. The molecule has 0 N–H and O–H groups in total. The molecule has 0 aliphatic carbocycles. The molecule has 0 unspecified atom stereocenters. The molecule has 8 heteroatoms. The number of ether oxygens (including phenoxy) is 1. The highest BCUT2D eigenvalue weighted by molar-refractivity contribution is 7.98. The van der Waals surface area contributed by atoms with E-state index < -0.39 is 0 Å². The van der Waals surface area contributed by atoms with E-state index in [2.05, 4.69) is 4.90 Å². The lowest BCUT2D eigenvalue weighted by Crippen LogP contribution is -2.33. The summed E-state index contributed by atoms with van der Waals surface area (Å²) >= 11 is 9.38. The van der Waals surface area contributed by atoms with Gasteiger partial charge in [0.2, 0.25) is 0 Å². The van der Waals surface area contributed by atoms with E-state index in [4.69, 9.17) is 21.3 Å². The van der Waals surface area contributed by atoms with Crippen LogP contribution in [0.1, 0.15) is 16.8 Å². The fourth-order valence-electron chi connectivity index (χ4n) is 3.02. The van der Waals surface area contributed by atoms with Gasteiger partial charge >= 0.3 is 0 Å². The van der Waals surface area contributed by atoms with E-state index in [0.717, 1.165) is 22.6 Å². The lowest BCUT2D eigenvalue weighted by Gasteiger charge is -2.22. The molecule has 0 aliphatic rings. The predicted octanol–water partition coefficient (Wildman–Crippen LogP) is 5.28. The monoisotopic (exact) mass is 449 g/mol. The Labute approximate surface area is 184 Å². The summed E-state index contributed by atoms with van der Waals surface area (Å²) in [7, 11) is 5.66. The SMILES string of the molecule is COc1ccc(Cl)c2sc(N(CCCN(C)C)C(=O)c3ccccc3SC)nc12. The van der Waals surface area contributed by atoms with Gasteiger partial charge in [0.1, 0.15) is 11.3 Å². The Bertz CT molecular complexity index is 1010. The Kier molecular flexibility index (Phi) is 7.40. The number of hydrogen-bond donors (Lipinski definition) is 0. The molecule has 1 heterocycles. The van der Waals surface area contributed by atoms with Crippen molar-refractivity contribution in [1.82, 2.24) is 9.88 Å². The van der Waals surface area contributed by atoms with Crippen LogP contribution in [0.15, 0.2) is 41.3 Å². The maximum Gasteiger partial charge on any atom is 0.261 e. The zero-order chi connectivity index (χ0) is 21.0. The Morgan fingerprint density at radius 2 is 1.97 bits per heavy atom. The van der Waals surface area contributed by atoms with Crippen LogP contribution in [0.4, 0.5) is 5.13 Å². The molecule has 0 radical (unpaired) electrons. The lowest BCUT2D eigenvalue weighted by molar-refractivity contribution is 0.0983. The number of fused-ring (bicyclic) bond motifs is 1. The molecule has 1 amide bonds. The number of methoxy groups -OCH3 is 1. The van der Waals surface area contributed by atoms with Gasteiger partial charge in [-0.25, -0.2) is 4.98 Å². The first-order valence-electron chi connectivity index (χ1n) is 9.19. The van der Waals surface area contributed by atoms with Gasteiger partial charge in [0.05, 0.1) is 22.4 Å². The highest BCUT2D eigenvalue weighted by Crippen LogP contribution is 2.39. The van der Waals surface area contributed by atoms with Gasteiger partial charge in [-0.15, -0.1) is 11.8 Å². The summed E-state index contributed by atoms with van der Waals surface area (Å²) in [5.41, 5.74) is 1.37. The molecule has 3 rings (SSSR count). The molecule has 0 atom stereocenters. The van der Waals surface area contributed by atoms with Gasteiger partial charge < -0.3 is 9.64 Å². The topological polar surface area (TPSA) is 45.7 Å². The quantitative estimate of drug-likeness (QED) is 0.438. The number of halogens is 1. The highest BCUT2D eigenvalue weighted by atomic mass is 35.5. The van der Waals surface area contributed by atoms with Crippen LogP contribution in [-0.4, -0.2) is 56.3 Å². The number of carbonyl (C=O) groups is 1. The molecule has 0 fully saturated rings. The minimum Gasteiger partial charge on any atom is -0.494 e. The minimum absolute atomic E-state index is 0.0529. The van der Waals surface area contributed by atoms with E-state index in [-0.39, 0.29) is 5.91 Å². The average Bonchev–Trinajstić information content (AvgIpc) is 3.17. The largest absolute Gasteiger partial charge is 0.494 e. The van der Waals surface area contributed by atoms with Crippen molar-refractivity contribution in [2.45, 2.75) is 11.3 Å². The smallest absolute Gasteiger partial charge is 0.261 e. The Morgan fingerprint density at radius 3 is 2.66 bits per heavy atom. The second-order valence-electron chi connectivity index (χ2n) is 6.74. The number of thiazole rings is 1. The summed E-state index contributed by atoms with van der Waals surface area (Å²) in [4.78, 5) is 23.1. The van der Waals surface area contributed by atoms with Gasteiger partial charge in [-0.05, 0) is 57.6 Å². The molecule has 0 saturated heterocycles. The van der Waals surface area contributed by atoms with Gasteiger partial charge in [0, 0.05) is 11.4 Å². The maximum atomic E-state index is 13.5. The van der Waals surface area contributed by atoms with E-state index in [1.54, 1.807) is 35.9 Å². The maximum absolute atomic E-state index is 13.5. The van der Waals surface area contributed by atoms with Crippen molar-refractivity contribution in [2.75, 3.05) is 45.5 Å². The first-order chi connectivity index (χ1) is 14.0. The van der Waals surface area contributed by atoms with E-state index in [0.29, 0.717) is 33.5 Å². The van der Waals surface area contributed by atoms with E-state index in [1.807, 2.05) is 44.6 Å². The Morgan fingerprint density at radius 1 is 1.21 bits per heavy atom. The van der Waals surface area contributed by atoms with Crippen molar-refractivity contribution < 1.29 is 9.53 Å². The molecule has 0 saturated carbocycles. The first kappa shape index (κ1) is 21.9. The molecule has 3 aromatic rings. The number of benzene rings is 2. The fourth-order valence-corrected chi connectivity index (χ4v) is 4.89. The second-order valence-corrected chi connectivity index (χ2v) is 8.97. The third kappa shape index (κ3) is 4.86. The number of nitrogens with zero attached hydrogens (tertiary/aromatic N) is 3. The van der Waals surface area contributed by atoms with Crippen LogP contribution in [0, 0.1) is 0 Å². The molecule has 1 aromatic heterocycles. The summed E-state index contributed by atoms with van der Waals surface area (Å²) in [6.07, 6.45) is 2.81. The van der Waals surface area contributed by atoms with Crippen molar-refractivity contribution in [1.29, 1.82) is 0 Å². The Hall–Kier alpha value is -1.80. The number of rotatable bonds is 8. The normalized spacial score (nSPS) is 11.2. The van der Waals surface area contributed by atoms with E-state index in [9.17, 15) is 4.79 Å². The van der Waals surface area contributed by atoms with Gasteiger partial charge in [-0.3, -0.25) is 9.69 Å². The molecular weight excluding hydrogens is 426 g/mol. The van der Waals surface area contributed by atoms with Gasteiger partial charge in [-0.2, -0.15) is 0 Å². The van der Waals surface area contributed by atoms with Crippen LogP contribution >= 0.6 is 34.7 Å². The van der Waals surface area contributed by atoms with Crippen molar-refractivity contribution in [2.24, 2.45) is 0 Å². The number of anilines is 1. The first-order valence-corrected chi connectivity index (χ1v) is 11.6. The zero-order valence-corrected chi connectivity index (χ0v) is 19.3. The van der Waals surface area contributed by atoms with Crippen molar-refractivity contribution >= 4 is 56.0 Å². The van der Waals surface area contributed by atoms with Crippen LogP contribution in [-0.2, 0) is 0 Å². The summed E-state index contributed by atoms with van der Waals surface area (Å²) in [5.74, 6) is 0.597. The van der Waals surface area contributed by atoms with Gasteiger partial charge in [0.15, 0.2) is 5.13 Å². The standard InChI is InChI=1S/C21H24ClN3O2S2/c1-24(2)12-7-13-25(20(26)14-8-5-6-9-17(14)28-4)21-23-18-16(27-3)11-10-15(22)19(18)29-21/h5-6,8-11H,7,12-13H2,1-4H3. The van der Waals surface area contributed by atoms with E-state index in [1.165, 1.54) is 11.3 Å². The zero-order valence-electron chi connectivity index (χ0n) is 16.9. The third-order valence-electron chi connectivity index (χ3n) is 4.47. The molecule has 2 aromatic carbocycles. The molecule has 5 nitrogen and oxygen atoms in total. The van der Waals surface area contributed by atoms with Crippen molar-refractivity contribution in [3.8, 4) is 5.75 Å². The van der Waals surface area contributed by atoms with Crippen LogP contribution in [0.3, 0.4) is 0 Å². The van der Waals surface area contributed by atoms with Crippen LogP contribution in [0.25, 0.3) is 10.2 Å². The van der Waals surface area contributed by atoms with Crippen molar-refractivity contribution in [3.63, 3.8) is 0 Å². The number of hydrogen-bond acceptors (Lipinski definition) is 6. The molecule has 0 bridgehead atoms. The third-order valence-corrected chi connectivity index (χ3v) is 6.80.